The van der Waals surface area contributed by atoms with Crippen molar-refractivity contribution in [3.63, 3.8) is 0 Å². The van der Waals surface area contributed by atoms with Crippen molar-refractivity contribution in [1.29, 1.82) is 0 Å². The Hall–Kier alpha value is -4.56. The molecule has 0 saturated carbocycles. The summed E-state index contributed by atoms with van der Waals surface area (Å²) in [5, 5.41) is 0.320. The molecular weight excluding hydrogens is 498 g/mol. The van der Waals surface area contributed by atoms with Gasteiger partial charge in [-0.15, -0.1) is 0 Å². The number of carbonyl (C=O) groups excluding carboxylic acids is 3. The molecule has 0 atom stereocenters. The average molecular weight is 526 g/mol. The Morgan fingerprint density at radius 1 is 0.872 bits per heavy atom. The second-order valence-corrected chi connectivity index (χ2v) is 9.67. The number of amides is 2. The minimum atomic E-state index is -0.847. The van der Waals surface area contributed by atoms with Gasteiger partial charge in [0.2, 0.25) is 11.2 Å². The molecule has 0 radical (unpaired) electrons. The van der Waals surface area contributed by atoms with Crippen molar-refractivity contribution in [2.24, 2.45) is 0 Å². The molecule has 1 aliphatic heterocycles. The number of imide groups is 1. The van der Waals surface area contributed by atoms with Crippen molar-refractivity contribution < 1.29 is 28.3 Å². The first-order valence-electron chi connectivity index (χ1n) is 12.6. The highest BCUT2D eigenvalue weighted by atomic mass is 16.5. The summed E-state index contributed by atoms with van der Waals surface area (Å²) in [5.41, 5.74) is 3.48. The molecule has 2 amide bonds. The maximum atomic E-state index is 13.7. The van der Waals surface area contributed by atoms with Gasteiger partial charge in [0.15, 0.2) is 5.76 Å². The van der Waals surface area contributed by atoms with E-state index < -0.39 is 23.2 Å². The topological polar surface area (TPSA) is 103 Å². The van der Waals surface area contributed by atoms with E-state index in [1.54, 1.807) is 32.2 Å². The minimum Gasteiger partial charge on any atom is -0.452 e. The van der Waals surface area contributed by atoms with Gasteiger partial charge in [-0.25, -0.2) is 4.79 Å². The van der Waals surface area contributed by atoms with Crippen LogP contribution in [0.1, 0.15) is 54.2 Å². The number of hydrogen-bond donors (Lipinski definition) is 0. The monoisotopic (exact) mass is 525 g/mol. The Morgan fingerprint density at radius 2 is 1.59 bits per heavy atom. The van der Waals surface area contributed by atoms with Crippen molar-refractivity contribution in [1.82, 2.24) is 4.90 Å². The highest BCUT2D eigenvalue weighted by Crippen LogP contribution is 2.33. The zero-order valence-electron chi connectivity index (χ0n) is 22.1. The van der Waals surface area contributed by atoms with E-state index in [1.807, 2.05) is 32.0 Å². The van der Waals surface area contributed by atoms with Crippen LogP contribution in [0.3, 0.4) is 0 Å². The lowest BCUT2D eigenvalue weighted by Gasteiger charge is -2.13. The van der Waals surface area contributed by atoms with Gasteiger partial charge in [-0.3, -0.25) is 19.3 Å². The van der Waals surface area contributed by atoms with Crippen LogP contribution in [0.4, 0.5) is 0 Å². The second-order valence-electron chi connectivity index (χ2n) is 9.67. The van der Waals surface area contributed by atoms with E-state index in [2.05, 4.69) is 0 Å². The molecule has 8 heteroatoms. The number of fused-ring (bicyclic) bond motifs is 2. The van der Waals surface area contributed by atoms with Crippen molar-refractivity contribution in [2.45, 2.75) is 27.2 Å². The van der Waals surface area contributed by atoms with E-state index in [0.29, 0.717) is 35.1 Å². The molecule has 0 bridgehead atoms. The lowest BCUT2D eigenvalue weighted by Crippen LogP contribution is -2.31. The van der Waals surface area contributed by atoms with Gasteiger partial charge in [0.05, 0.1) is 22.1 Å². The number of nitrogens with zero attached hydrogens (tertiary/aromatic N) is 1. The Labute approximate surface area is 224 Å². The number of carbonyl (C=O) groups is 3. The lowest BCUT2D eigenvalue weighted by atomic mass is 10.0. The Morgan fingerprint density at radius 3 is 2.31 bits per heavy atom. The first-order chi connectivity index (χ1) is 18.7. The van der Waals surface area contributed by atoms with Gasteiger partial charge in [0, 0.05) is 25.8 Å². The Balaban J connectivity index is 1.55. The molecule has 0 unspecified atom stereocenters. The number of rotatable bonds is 7. The molecule has 0 saturated heterocycles. The van der Waals surface area contributed by atoms with Gasteiger partial charge in [0.1, 0.15) is 5.58 Å². The quantitative estimate of drug-likeness (QED) is 0.185. The van der Waals surface area contributed by atoms with Gasteiger partial charge < -0.3 is 13.9 Å². The number of benzene rings is 3. The molecular formula is C31H27NO7. The molecule has 0 N–H and O–H groups in total. The Kier molecular flexibility index (Phi) is 6.89. The average Bonchev–Trinajstić information content (AvgIpc) is 3.14. The molecule has 8 nitrogen and oxygen atoms in total. The summed E-state index contributed by atoms with van der Waals surface area (Å²) < 4.78 is 16.9. The summed E-state index contributed by atoms with van der Waals surface area (Å²) in [4.78, 5) is 53.8. The summed E-state index contributed by atoms with van der Waals surface area (Å²) >= 11 is 0. The SMILES string of the molecule is COCCCN1C(=O)c2ccc(C(=O)Oc3c(-c4ccc(C)cc4)oc4cc(C)cc(C)c4c3=O)cc2C1=O. The van der Waals surface area contributed by atoms with Crippen LogP contribution in [-0.4, -0.2) is 42.9 Å². The van der Waals surface area contributed by atoms with E-state index in [9.17, 15) is 19.2 Å². The van der Waals surface area contributed by atoms with Gasteiger partial charge in [-0.1, -0.05) is 35.9 Å². The summed E-state index contributed by atoms with van der Waals surface area (Å²) in [7, 11) is 1.54. The molecule has 0 spiro atoms. The van der Waals surface area contributed by atoms with Crippen molar-refractivity contribution >= 4 is 28.8 Å². The van der Waals surface area contributed by atoms with E-state index in [-0.39, 0.29) is 34.7 Å². The minimum absolute atomic E-state index is 0.0311. The van der Waals surface area contributed by atoms with Crippen LogP contribution >= 0.6 is 0 Å². The van der Waals surface area contributed by atoms with Crippen LogP contribution < -0.4 is 10.2 Å². The van der Waals surface area contributed by atoms with E-state index in [0.717, 1.165) is 16.0 Å². The van der Waals surface area contributed by atoms with E-state index in [4.69, 9.17) is 13.9 Å². The van der Waals surface area contributed by atoms with Crippen molar-refractivity contribution in [2.75, 3.05) is 20.3 Å². The van der Waals surface area contributed by atoms with E-state index in [1.165, 1.54) is 18.2 Å². The largest absolute Gasteiger partial charge is 0.452 e. The van der Waals surface area contributed by atoms with Crippen LogP contribution in [0.25, 0.3) is 22.3 Å². The molecule has 1 aromatic heterocycles. The molecule has 0 aliphatic carbocycles. The second kappa shape index (κ2) is 10.3. The molecule has 0 fully saturated rings. The third-order valence-electron chi connectivity index (χ3n) is 6.74. The van der Waals surface area contributed by atoms with Gasteiger partial charge in [-0.2, -0.15) is 0 Å². The van der Waals surface area contributed by atoms with Gasteiger partial charge >= 0.3 is 5.97 Å². The molecule has 4 aromatic rings. The molecule has 2 heterocycles. The van der Waals surface area contributed by atoms with Crippen LogP contribution in [0.15, 0.2) is 63.8 Å². The van der Waals surface area contributed by atoms with Crippen LogP contribution in [0.2, 0.25) is 0 Å². The highest BCUT2D eigenvalue weighted by Gasteiger charge is 2.36. The fourth-order valence-electron chi connectivity index (χ4n) is 4.80. The summed E-state index contributed by atoms with van der Waals surface area (Å²) in [6, 6.07) is 15.1. The zero-order valence-corrected chi connectivity index (χ0v) is 22.1. The number of aryl methyl sites for hydroxylation is 3. The van der Waals surface area contributed by atoms with E-state index >= 15 is 0 Å². The molecule has 5 rings (SSSR count). The fraction of sp³-hybridized carbons (Fsp3) is 0.226. The zero-order chi connectivity index (χ0) is 27.8. The number of ether oxygens (including phenoxy) is 2. The first kappa shape index (κ1) is 26.1. The predicted molar refractivity (Wildman–Crippen MR) is 145 cm³/mol. The molecule has 3 aromatic carbocycles. The lowest BCUT2D eigenvalue weighted by molar-refractivity contribution is 0.0638. The maximum absolute atomic E-state index is 13.7. The van der Waals surface area contributed by atoms with Gasteiger partial charge in [-0.05, 0) is 62.6 Å². The van der Waals surface area contributed by atoms with Crippen LogP contribution in [0, 0.1) is 20.8 Å². The third kappa shape index (κ3) is 4.75. The van der Waals surface area contributed by atoms with Crippen molar-refractivity contribution in [3.05, 3.63) is 98.2 Å². The number of esters is 1. The van der Waals surface area contributed by atoms with Crippen LogP contribution in [0.5, 0.6) is 5.75 Å². The first-order valence-corrected chi connectivity index (χ1v) is 12.6. The van der Waals surface area contributed by atoms with Crippen molar-refractivity contribution in [3.8, 4) is 17.1 Å². The standard InChI is InChI=1S/C31H27NO7/c1-17-6-8-20(9-7-17)27-28(26(33)25-19(3)14-18(2)15-24(25)38-27)39-31(36)21-10-11-22-23(16-21)30(35)32(29(22)34)12-5-13-37-4/h6-11,14-16H,5,12-13H2,1-4H3. The number of methoxy groups -OCH3 is 1. The van der Waals surface area contributed by atoms with Gasteiger partial charge in [0.25, 0.3) is 11.8 Å². The summed E-state index contributed by atoms with van der Waals surface area (Å²) in [5.74, 6) is -1.87. The molecule has 39 heavy (non-hydrogen) atoms. The Bertz CT molecular complexity index is 1700. The smallest absolute Gasteiger partial charge is 0.343 e. The number of hydrogen-bond acceptors (Lipinski definition) is 7. The summed E-state index contributed by atoms with van der Waals surface area (Å²) in [6.45, 7) is 6.25. The molecule has 1 aliphatic rings. The maximum Gasteiger partial charge on any atom is 0.343 e. The van der Waals surface area contributed by atoms with Crippen LogP contribution in [-0.2, 0) is 4.74 Å². The fourth-order valence-corrected chi connectivity index (χ4v) is 4.80. The third-order valence-corrected chi connectivity index (χ3v) is 6.74. The predicted octanol–water partition coefficient (Wildman–Crippen LogP) is 5.24. The molecule has 198 valence electrons. The highest BCUT2D eigenvalue weighted by molar-refractivity contribution is 6.22. The summed E-state index contributed by atoms with van der Waals surface area (Å²) in [6.07, 6.45) is 0.495. The normalized spacial score (nSPS) is 12.8.